The molecule has 2 aromatic carbocycles. The van der Waals surface area contributed by atoms with E-state index < -0.39 is 84.7 Å². The van der Waals surface area contributed by atoms with Gasteiger partial charge in [-0.15, -0.1) is 0 Å². The molecule has 0 bridgehead atoms. The Balaban J connectivity index is 1.19. The standard InChI is InChI=1S/C37H49NO14/c1-35(2)45-19-24(48-35)26(29-30(34(42-7)43-8)52-37(5,6)51-29)47-33-25(39)28-27(49-36(3,4)50-28)23(46-33)18-44-32(41)21-16-14-20(15-17-21)31(40)38-22-12-10-9-11-13-22/h9-17,23-30,33-34,39H,18-19H2,1-8H3,(H,38,40)/t23-,24-,25-,26-,27+,28-,29+,30-,33+/m1/s1. The first-order valence-electron chi connectivity index (χ1n) is 17.3. The quantitative estimate of drug-likeness (QED) is 0.241. The minimum atomic E-state index is -1.33. The van der Waals surface area contributed by atoms with Crippen molar-refractivity contribution in [1.29, 1.82) is 0 Å². The molecule has 15 heteroatoms. The van der Waals surface area contributed by atoms with E-state index in [9.17, 15) is 14.7 Å². The van der Waals surface area contributed by atoms with Gasteiger partial charge in [-0.25, -0.2) is 4.79 Å². The van der Waals surface area contributed by atoms with E-state index in [0.29, 0.717) is 11.3 Å². The Bertz CT molecular complexity index is 1530. The van der Waals surface area contributed by atoms with Gasteiger partial charge in [0.2, 0.25) is 0 Å². The van der Waals surface area contributed by atoms with E-state index in [2.05, 4.69) is 5.32 Å². The number of hydrogen-bond acceptors (Lipinski definition) is 14. The molecule has 0 unspecified atom stereocenters. The molecule has 2 aromatic rings. The number of aliphatic hydroxyl groups is 1. The highest BCUT2D eigenvalue weighted by Crippen LogP contribution is 2.42. The Labute approximate surface area is 303 Å². The molecular formula is C37H49NO14. The van der Waals surface area contributed by atoms with Gasteiger partial charge in [0.15, 0.2) is 29.9 Å². The second-order valence-electron chi connectivity index (χ2n) is 14.5. The molecule has 6 rings (SSSR count). The summed E-state index contributed by atoms with van der Waals surface area (Å²) < 4.78 is 66.7. The van der Waals surface area contributed by atoms with Crippen LogP contribution in [0.1, 0.15) is 62.3 Å². The molecule has 286 valence electrons. The van der Waals surface area contributed by atoms with Gasteiger partial charge in [-0.1, -0.05) is 18.2 Å². The monoisotopic (exact) mass is 731 g/mol. The minimum Gasteiger partial charge on any atom is -0.459 e. The van der Waals surface area contributed by atoms with Gasteiger partial charge in [0.1, 0.15) is 55.4 Å². The maximum atomic E-state index is 13.2. The molecule has 15 nitrogen and oxygen atoms in total. The van der Waals surface area contributed by atoms with Crippen molar-refractivity contribution in [2.45, 2.75) is 120 Å². The number of amides is 1. The van der Waals surface area contributed by atoms with E-state index >= 15 is 0 Å². The van der Waals surface area contributed by atoms with Gasteiger partial charge in [-0.2, -0.15) is 0 Å². The Morgan fingerprint density at radius 3 is 2.06 bits per heavy atom. The second-order valence-corrected chi connectivity index (χ2v) is 14.5. The topological polar surface area (TPSA) is 168 Å². The van der Waals surface area contributed by atoms with Gasteiger partial charge in [-0.3, -0.25) is 4.79 Å². The summed E-state index contributed by atoms with van der Waals surface area (Å²) in [4.78, 5) is 25.9. The number of esters is 1. The number of methoxy groups -OCH3 is 2. The molecule has 9 atom stereocenters. The van der Waals surface area contributed by atoms with Crippen molar-refractivity contribution in [1.82, 2.24) is 0 Å². The molecule has 0 aromatic heterocycles. The fourth-order valence-corrected chi connectivity index (χ4v) is 6.88. The van der Waals surface area contributed by atoms with Crippen LogP contribution in [0.2, 0.25) is 0 Å². The van der Waals surface area contributed by atoms with Crippen molar-refractivity contribution in [2.24, 2.45) is 0 Å². The molecule has 0 aliphatic carbocycles. The number of hydrogen-bond donors (Lipinski definition) is 2. The highest BCUT2D eigenvalue weighted by Gasteiger charge is 2.59. The van der Waals surface area contributed by atoms with Crippen LogP contribution >= 0.6 is 0 Å². The number of benzene rings is 2. The van der Waals surface area contributed by atoms with Crippen molar-refractivity contribution in [3.8, 4) is 0 Å². The molecule has 0 spiro atoms. The normalized spacial score (nSPS) is 32.3. The van der Waals surface area contributed by atoms with Crippen LogP contribution < -0.4 is 5.32 Å². The van der Waals surface area contributed by atoms with E-state index in [1.165, 1.54) is 38.5 Å². The number of ether oxygens (including phenoxy) is 11. The Morgan fingerprint density at radius 1 is 0.808 bits per heavy atom. The van der Waals surface area contributed by atoms with Crippen molar-refractivity contribution >= 4 is 17.6 Å². The average Bonchev–Trinajstić information content (AvgIpc) is 3.75. The second kappa shape index (κ2) is 15.4. The van der Waals surface area contributed by atoms with Gasteiger partial charge < -0.3 is 62.5 Å². The third-order valence-electron chi connectivity index (χ3n) is 9.16. The van der Waals surface area contributed by atoms with Gasteiger partial charge in [0.25, 0.3) is 5.91 Å². The summed E-state index contributed by atoms with van der Waals surface area (Å²) in [7, 11) is 2.98. The predicted molar refractivity (Wildman–Crippen MR) is 181 cm³/mol. The summed E-state index contributed by atoms with van der Waals surface area (Å²) in [5.41, 5.74) is 1.24. The summed E-state index contributed by atoms with van der Waals surface area (Å²) in [5.74, 6) is -4.03. The zero-order valence-electron chi connectivity index (χ0n) is 30.6. The number of carbonyl (C=O) groups is 2. The number of fused-ring (bicyclic) bond motifs is 1. The summed E-state index contributed by atoms with van der Waals surface area (Å²) in [5, 5.41) is 14.4. The number of anilines is 1. The van der Waals surface area contributed by atoms with Crippen LogP contribution in [0, 0.1) is 0 Å². The summed E-state index contributed by atoms with van der Waals surface area (Å²) in [6, 6.07) is 15.1. The Hall–Kier alpha value is -3.06. The molecule has 4 saturated heterocycles. The van der Waals surface area contributed by atoms with Crippen LogP contribution in [-0.4, -0.2) is 123 Å². The van der Waals surface area contributed by atoms with Crippen molar-refractivity contribution in [3.05, 3.63) is 65.7 Å². The van der Waals surface area contributed by atoms with Gasteiger partial charge in [0.05, 0.1) is 12.2 Å². The van der Waals surface area contributed by atoms with E-state index in [0.717, 1.165) is 0 Å². The van der Waals surface area contributed by atoms with Crippen molar-refractivity contribution in [3.63, 3.8) is 0 Å². The fraction of sp³-hybridized carbons (Fsp3) is 0.622. The van der Waals surface area contributed by atoms with Crippen LogP contribution in [0.25, 0.3) is 0 Å². The first kappa shape index (κ1) is 38.7. The molecule has 4 heterocycles. The highest BCUT2D eigenvalue weighted by atomic mass is 16.8. The molecule has 1 amide bonds. The molecule has 4 aliphatic rings. The van der Waals surface area contributed by atoms with Crippen molar-refractivity contribution in [2.75, 3.05) is 32.8 Å². The number of carbonyl (C=O) groups excluding carboxylic acids is 2. The lowest BCUT2D eigenvalue weighted by Crippen LogP contribution is -2.61. The number of rotatable bonds is 12. The lowest BCUT2D eigenvalue weighted by molar-refractivity contribution is -0.315. The zero-order valence-corrected chi connectivity index (χ0v) is 30.6. The van der Waals surface area contributed by atoms with E-state index in [1.54, 1.807) is 53.7 Å². The maximum absolute atomic E-state index is 13.2. The van der Waals surface area contributed by atoms with E-state index in [4.69, 9.17) is 52.1 Å². The number of aliphatic hydroxyl groups excluding tert-OH is 1. The van der Waals surface area contributed by atoms with Crippen molar-refractivity contribution < 1.29 is 66.8 Å². The van der Waals surface area contributed by atoms with Crippen LogP contribution in [0.3, 0.4) is 0 Å². The third kappa shape index (κ3) is 8.66. The van der Waals surface area contributed by atoms with Crippen LogP contribution in [0.4, 0.5) is 5.69 Å². The van der Waals surface area contributed by atoms with Crippen LogP contribution in [0.5, 0.6) is 0 Å². The van der Waals surface area contributed by atoms with E-state index in [-0.39, 0.29) is 24.7 Å². The largest absolute Gasteiger partial charge is 0.459 e. The van der Waals surface area contributed by atoms with Gasteiger partial charge in [0, 0.05) is 25.5 Å². The average molecular weight is 732 g/mol. The molecule has 2 N–H and O–H groups in total. The smallest absolute Gasteiger partial charge is 0.338 e. The van der Waals surface area contributed by atoms with Gasteiger partial charge >= 0.3 is 5.97 Å². The SMILES string of the molecule is COC(OC)[C@@H]1OC(C)(C)O[C@H]1[C@H](O[C@@H]1O[C@H](COC(=O)c2ccc(C(=O)Nc3ccccc3)cc2)[C@@H]2OC(C)(C)O[C@@H]2[C@H]1O)[C@H]1COC(C)(C)O1. The van der Waals surface area contributed by atoms with Gasteiger partial charge in [-0.05, 0) is 77.9 Å². The zero-order chi connectivity index (χ0) is 37.4. The van der Waals surface area contributed by atoms with Crippen LogP contribution in [0.15, 0.2) is 54.6 Å². The molecule has 4 fully saturated rings. The molecular weight excluding hydrogens is 682 g/mol. The fourth-order valence-electron chi connectivity index (χ4n) is 6.88. The minimum absolute atomic E-state index is 0.143. The first-order valence-corrected chi connectivity index (χ1v) is 17.3. The Kier molecular flexibility index (Phi) is 11.4. The van der Waals surface area contributed by atoms with E-state index in [1.807, 2.05) is 18.2 Å². The Morgan fingerprint density at radius 2 is 1.42 bits per heavy atom. The molecule has 4 aliphatic heterocycles. The summed E-state index contributed by atoms with van der Waals surface area (Å²) in [6.45, 7) is 10.4. The number of nitrogens with one attached hydrogen (secondary N) is 1. The molecule has 0 radical (unpaired) electrons. The number of para-hydroxylation sites is 1. The lowest BCUT2D eigenvalue weighted by atomic mass is 9.98. The predicted octanol–water partition coefficient (Wildman–Crippen LogP) is 3.38. The first-order chi connectivity index (χ1) is 24.6. The summed E-state index contributed by atoms with van der Waals surface area (Å²) >= 11 is 0. The maximum Gasteiger partial charge on any atom is 0.338 e. The third-order valence-corrected chi connectivity index (χ3v) is 9.16. The van der Waals surface area contributed by atoms with Crippen LogP contribution in [-0.2, 0) is 52.1 Å². The molecule has 0 saturated carbocycles. The molecule has 52 heavy (non-hydrogen) atoms. The highest BCUT2D eigenvalue weighted by molar-refractivity contribution is 6.04. The summed E-state index contributed by atoms with van der Waals surface area (Å²) in [6.07, 6.45) is -9.35. The lowest BCUT2D eigenvalue weighted by Gasteiger charge is -2.42.